The minimum atomic E-state index is -0.109. The normalized spacial score (nSPS) is 29.3. The Bertz CT molecular complexity index is 214. The van der Waals surface area contributed by atoms with E-state index in [1.54, 1.807) is 0 Å². The quantitative estimate of drug-likeness (QED) is 0.369. The van der Waals surface area contributed by atoms with Gasteiger partial charge in [0.1, 0.15) is 0 Å². The van der Waals surface area contributed by atoms with E-state index in [4.69, 9.17) is 27.9 Å². The lowest BCUT2D eigenvalue weighted by Crippen LogP contribution is -2.15. The molecule has 1 fully saturated rings. The van der Waals surface area contributed by atoms with Crippen LogP contribution < -0.4 is 0 Å². The topological polar surface area (TPSA) is 12.5 Å². The predicted octanol–water partition coefficient (Wildman–Crippen LogP) is 4.47. The van der Waals surface area contributed by atoms with Crippen molar-refractivity contribution < 1.29 is 4.74 Å². The molecule has 1 heterocycles. The second-order valence-electron chi connectivity index (χ2n) is 4.42. The number of hydrogen-bond acceptors (Lipinski definition) is 1. The first-order chi connectivity index (χ1) is 7.05. The Kier molecular flexibility index (Phi) is 5.45. The number of hydrogen-bond donors (Lipinski definition) is 0. The van der Waals surface area contributed by atoms with Crippen LogP contribution in [0.1, 0.15) is 46.0 Å². The predicted molar refractivity (Wildman–Crippen MR) is 66.7 cm³/mol. The van der Waals surface area contributed by atoms with Crippen LogP contribution in [-0.2, 0) is 4.74 Å². The third kappa shape index (κ3) is 5.79. The maximum atomic E-state index is 6.39. The van der Waals surface area contributed by atoms with Crippen molar-refractivity contribution >= 4 is 23.2 Å². The smallest absolute Gasteiger partial charge is 0.157 e. The molecule has 15 heavy (non-hydrogen) atoms. The monoisotopic (exact) mass is 250 g/mol. The molecule has 1 aliphatic rings. The van der Waals surface area contributed by atoms with Crippen molar-refractivity contribution in [3.8, 4) is 0 Å². The van der Waals surface area contributed by atoms with Crippen molar-refractivity contribution in [1.29, 1.82) is 0 Å². The summed E-state index contributed by atoms with van der Waals surface area (Å²) in [6, 6.07) is 0. The van der Waals surface area contributed by atoms with Gasteiger partial charge in [-0.1, -0.05) is 30.7 Å². The van der Waals surface area contributed by atoms with Crippen molar-refractivity contribution in [2.24, 2.45) is 0 Å². The molecule has 0 amide bonds. The van der Waals surface area contributed by atoms with E-state index < -0.39 is 0 Å². The Hall–Kier alpha value is 0.280. The van der Waals surface area contributed by atoms with E-state index >= 15 is 0 Å². The van der Waals surface area contributed by atoms with E-state index in [2.05, 4.69) is 26.0 Å². The summed E-state index contributed by atoms with van der Waals surface area (Å²) >= 11 is 12.1. The summed E-state index contributed by atoms with van der Waals surface area (Å²) < 4.78 is 5.14. The highest BCUT2D eigenvalue weighted by Gasteiger charge is 2.36. The zero-order chi connectivity index (χ0) is 11.3. The fourth-order valence-corrected chi connectivity index (χ4v) is 2.07. The third-order valence-corrected chi connectivity index (χ3v) is 3.38. The summed E-state index contributed by atoms with van der Waals surface area (Å²) in [4.78, 5) is -0.109. The Morgan fingerprint density at radius 3 is 2.60 bits per heavy atom. The first-order valence-electron chi connectivity index (χ1n) is 5.68. The molecular weight excluding hydrogens is 231 g/mol. The minimum Gasteiger partial charge on any atom is -0.352 e. The molecule has 1 aliphatic heterocycles. The van der Waals surface area contributed by atoms with Crippen LogP contribution >= 0.6 is 23.2 Å². The number of halogens is 2. The molecule has 0 aliphatic carbocycles. The molecule has 0 bridgehead atoms. The molecule has 1 saturated heterocycles. The molecule has 1 nitrogen and oxygen atoms in total. The van der Waals surface area contributed by atoms with Crippen LogP contribution in [0.3, 0.4) is 0 Å². The van der Waals surface area contributed by atoms with Crippen molar-refractivity contribution in [1.82, 2.24) is 0 Å². The SMILES string of the molecule is CC/C=C\CC(C)(Cl)CCC[C@H]1OC1Cl. The lowest BCUT2D eigenvalue weighted by Gasteiger charge is -2.19. The average molecular weight is 251 g/mol. The Morgan fingerprint density at radius 1 is 1.40 bits per heavy atom. The van der Waals surface area contributed by atoms with E-state index in [0.29, 0.717) is 0 Å². The number of alkyl halides is 2. The van der Waals surface area contributed by atoms with Crippen LogP contribution in [0.4, 0.5) is 0 Å². The van der Waals surface area contributed by atoms with Gasteiger partial charge in [-0.15, -0.1) is 11.6 Å². The molecule has 0 aromatic rings. The molecule has 3 atom stereocenters. The number of ether oxygens (including phenoxy) is 1. The van der Waals surface area contributed by atoms with Crippen LogP contribution in [0.2, 0.25) is 0 Å². The molecule has 0 spiro atoms. The first-order valence-corrected chi connectivity index (χ1v) is 6.50. The molecule has 0 aromatic carbocycles. The molecule has 0 saturated carbocycles. The van der Waals surface area contributed by atoms with Crippen LogP contribution in [0, 0.1) is 0 Å². The largest absolute Gasteiger partial charge is 0.352 e. The zero-order valence-corrected chi connectivity index (χ0v) is 11.0. The number of allylic oxidation sites excluding steroid dienone is 2. The van der Waals surface area contributed by atoms with Gasteiger partial charge in [-0.2, -0.15) is 0 Å². The Morgan fingerprint density at radius 2 is 2.07 bits per heavy atom. The lowest BCUT2D eigenvalue weighted by molar-refractivity contribution is 0.376. The van der Waals surface area contributed by atoms with E-state index in [0.717, 1.165) is 32.1 Å². The molecule has 3 heteroatoms. The summed E-state index contributed by atoms with van der Waals surface area (Å²) in [5, 5.41) is 0. The van der Waals surface area contributed by atoms with Gasteiger partial charge in [0.05, 0.1) is 6.10 Å². The summed E-state index contributed by atoms with van der Waals surface area (Å²) in [5.74, 6) is 0. The van der Waals surface area contributed by atoms with Crippen molar-refractivity contribution in [2.75, 3.05) is 0 Å². The van der Waals surface area contributed by atoms with E-state index in [1.165, 1.54) is 0 Å². The van der Waals surface area contributed by atoms with Crippen LogP contribution in [0.25, 0.3) is 0 Å². The molecular formula is C12H20Cl2O. The van der Waals surface area contributed by atoms with E-state index in [-0.39, 0.29) is 16.5 Å². The Labute approximate surface area is 103 Å². The Balaban J connectivity index is 2.09. The molecule has 0 aromatic heterocycles. The third-order valence-electron chi connectivity index (χ3n) is 2.65. The van der Waals surface area contributed by atoms with E-state index in [1.807, 2.05) is 0 Å². The highest BCUT2D eigenvalue weighted by Crippen LogP contribution is 2.33. The van der Waals surface area contributed by atoms with Crippen molar-refractivity contribution in [3.63, 3.8) is 0 Å². The van der Waals surface area contributed by atoms with Gasteiger partial charge in [-0.25, -0.2) is 0 Å². The summed E-state index contributed by atoms with van der Waals surface area (Å²) in [5.41, 5.74) is -0.0356. The van der Waals surface area contributed by atoms with Crippen molar-refractivity contribution in [2.45, 2.75) is 62.5 Å². The average Bonchev–Trinajstić information content (AvgIpc) is 2.82. The van der Waals surface area contributed by atoms with Crippen LogP contribution in [0.15, 0.2) is 12.2 Å². The highest BCUT2D eigenvalue weighted by atomic mass is 35.5. The minimum absolute atomic E-state index is 0.0356. The van der Waals surface area contributed by atoms with Gasteiger partial charge in [0.15, 0.2) is 5.56 Å². The fraction of sp³-hybridized carbons (Fsp3) is 0.833. The van der Waals surface area contributed by atoms with Gasteiger partial charge in [-0.05, 0) is 39.0 Å². The first kappa shape index (κ1) is 13.3. The summed E-state index contributed by atoms with van der Waals surface area (Å²) in [7, 11) is 0. The zero-order valence-electron chi connectivity index (χ0n) is 9.51. The number of epoxide rings is 1. The maximum Gasteiger partial charge on any atom is 0.157 e. The second-order valence-corrected chi connectivity index (χ2v) is 5.76. The number of rotatable bonds is 7. The van der Waals surface area contributed by atoms with Crippen molar-refractivity contribution in [3.05, 3.63) is 12.2 Å². The molecule has 1 rings (SSSR count). The maximum absolute atomic E-state index is 6.39. The van der Waals surface area contributed by atoms with Crippen LogP contribution in [-0.4, -0.2) is 16.5 Å². The van der Waals surface area contributed by atoms with Gasteiger partial charge in [0.2, 0.25) is 0 Å². The lowest BCUT2D eigenvalue weighted by atomic mass is 9.98. The summed E-state index contributed by atoms with van der Waals surface area (Å²) in [6.07, 6.45) is 9.79. The van der Waals surface area contributed by atoms with Crippen LogP contribution in [0.5, 0.6) is 0 Å². The van der Waals surface area contributed by atoms with Gasteiger partial charge in [-0.3, -0.25) is 0 Å². The van der Waals surface area contributed by atoms with E-state index in [9.17, 15) is 0 Å². The fourth-order valence-electron chi connectivity index (χ4n) is 1.59. The molecule has 0 radical (unpaired) electrons. The molecule has 2 unspecified atom stereocenters. The molecule has 88 valence electrons. The summed E-state index contributed by atoms with van der Waals surface area (Å²) in [6.45, 7) is 4.23. The highest BCUT2D eigenvalue weighted by molar-refractivity contribution is 6.23. The van der Waals surface area contributed by atoms with Gasteiger partial charge < -0.3 is 4.74 Å². The van der Waals surface area contributed by atoms with Gasteiger partial charge in [0.25, 0.3) is 0 Å². The standard InChI is InChI=1S/C12H20Cl2O/c1-3-4-5-8-12(2,14)9-6-7-10-11(13)15-10/h4-5,10-11H,3,6-9H2,1-2H3/b5-4-/t10-,11?,12?/m1/s1. The van der Waals surface area contributed by atoms with Gasteiger partial charge in [0, 0.05) is 4.87 Å². The second kappa shape index (κ2) is 6.12. The molecule has 0 N–H and O–H groups in total. The van der Waals surface area contributed by atoms with Gasteiger partial charge >= 0.3 is 0 Å².